The normalized spacial score (nSPS) is 20.8. The number of nitrogens with one attached hydrogen (secondary N) is 2. The maximum absolute atomic E-state index is 12.6. The molecule has 8 heteroatoms. The average Bonchev–Trinajstić information content (AvgIpc) is 3.01. The van der Waals surface area contributed by atoms with Gasteiger partial charge in [0.15, 0.2) is 0 Å². The Balaban J connectivity index is 0.00000225. The van der Waals surface area contributed by atoms with Gasteiger partial charge in [-0.05, 0) is 64.1 Å². The Bertz CT molecular complexity index is 812. The molecule has 154 valence electrons. The Morgan fingerprint density at radius 3 is 2.79 bits per heavy atom. The molecule has 0 spiro atoms. The van der Waals surface area contributed by atoms with Crippen molar-refractivity contribution in [1.29, 1.82) is 0 Å². The van der Waals surface area contributed by atoms with Gasteiger partial charge in [-0.15, -0.1) is 23.7 Å². The minimum absolute atomic E-state index is 0. The van der Waals surface area contributed by atoms with Crippen LogP contribution in [-0.2, 0) is 4.79 Å². The van der Waals surface area contributed by atoms with Crippen LogP contribution in [0.3, 0.4) is 0 Å². The van der Waals surface area contributed by atoms with Crippen molar-refractivity contribution < 1.29 is 4.79 Å². The SMILES string of the molecule is Cc1sc2ncnc(N3CCC(C(=O)NCC4CCCNC4)CC3)c2c1C.Cl. The van der Waals surface area contributed by atoms with Crippen LogP contribution in [0.2, 0.25) is 0 Å². The first kappa shape index (κ1) is 21.3. The fraction of sp³-hybridized carbons (Fsp3) is 0.650. The largest absolute Gasteiger partial charge is 0.356 e. The van der Waals surface area contributed by atoms with Crippen molar-refractivity contribution in [3.63, 3.8) is 0 Å². The molecule has 0 radical (unpaired) electrons. The molecule has 1 amide bonds. The number of hydrogen-bond acceptors (Lipinski definition) is 6. The molecule has 1 unspecified atom stereocenters. The Morgan fingerprint density at radius 1 is 1.29 bits per heavy atom. The van der Waals surface area contributed by atoms with Crippen molar-refractivity contribution in [2.45, 2.75) is 39.5 Å². The Kier molecular flexibility index (Phi) is 7.12. The monoisotopic (exact) mass is 423 g/mol. The Morgan fingerprint density at radius 2 is 2.07 bits per heavy atom. The van der Waals surface area contributed by atoms with Crippen LogP contribution in [-0.4, -0.2) is 48.6 Å². The first-order valence-corrected chi connectivity index (χ1v) is 10.9. The number of piperidine rings is 2. The van der Waals surface area contributed by atoms with Gasteiger partial charge in [-0.3, -0.25) is 4.79 Å². The Labute approximate surface area is 176 Å². The number of carbonyl (C=O) groups excluding carboxylic acids is 1. The van der Waals surface area contributed by atoms with E-state index in [0.29, 0.717) is 5.92 Å². The summed E-state index contributed by atoms with van der Waals surface area (Å²) >= 11 is 1.74. The molecule has 0 aromatic carbocycles. The lowest BCUT2D eigenvalue weighted by molar-refractivity contribution is -0.125. The van der Waals surface area contributed by atoms with Crippen molar-refractivity contribution in [2.24, 2.45) is 11.8 Å². The number of halogens is 1. The molecule has 2 aliphatic rings. The second-order valence-corrected chi connectivity index (χ2v) is 9.08. The summed E-state index contributed by atoms with van der Waals surface area (Å²) in [6.45, 7) is 9.01. The molecule has 0 bridgehead atoms. The van der Waals surface area contributed by atoms with Gasteiger partial charge in [0, 0.05) is 30.4 Å². The predicted octanol–water partition coefficient (Wildman–Crippen LogP) is 3.06. The van der Waals surface area contributed by atoms with Gasteiger partial charge >= 0.3 is 0 Å². The second-order valence-electron chi connectivity index (χ2n) is 7.88. The molecule has 2 N–H and O–H groups in total. The molecular formula is C20H30ClN5OS. The molecule has 4 rings (SSSR count). The number of hydrogen-bond donors (Lipinski definition) is 2. The summed E-state index contributed by atoms with van der Waals surface area (Å²) in [5.41, 5.74) is 1.28. The van der Waals surface area contributed by atoms with E-state index in [2.05, 4.69) is 39.3 Å². The predicted molar refractivity (Wildman–Crippen MR) is 118 cm³/mol. The smallest absolute Gasteiger partial charge is 0.223 e. The van der Waals surface area contributed by atoms with Crippen LogP contribution in [0.1, 0.15) is 36.1 Å². The lowest BCUT2D eigenvalue weighted by Crippen LogP contribution is -2.43. The van der Waals surface area contributed by atoms with E-state index >= 15 is 0 Å². The molecule has 6 nitrogen and oxygen atoms in total. The van der Waals surface area contributed by atoms with E-state index in [0.717, 1.165) is 56.2 Å². The minimum Gasteiger partial charge on any atom is -0.356 e. The van der Waals surface area contributed by atoms with Gasteiger partial charge in [0.1, 0.15) is 17.0 Å². The molecule has 2 fully saturated rings. The highest BCUT2D eigenvalue weighted by Gasteiger charge is 2.27. The number of carbonyl (C=O) groups is 1. The highest BCUT2D eigenvalue weighted by Crippen LogP contribution is 2.35. The molecule has 2 saturated heterocycles. The first-order valence-electron chi connectivity index (χ1n) is 10.1. The van der Waals surface area contributed by atoms with Crippen molar-refractivity contribution in [2.75, 3.05) is 37.6 Å². The van der Waals surface area contributed by atoms with E-state index in [4.69, 9.17) is 0 Å². The summed E-state index contributed by atoms with van der Waals surface area (Å²) in [7, 11) is 0. The highest BCUT2D eigenvalue weighted by molar-refractivity contribution is 7.18. The topological polar surface area (TPSA) is 70.2 Å². The van der Waals surface area contributed by atoms with Crippen LogP contribution in [0.4, 0.5) is 5.82 Å². The zero-order valence-corrected chi connectivity index (χ0v) is 18.3. The van der Waals surface area contributed by atoms with Crippen LogP contribution < -0.4 is 15.5 Å². The summed E-state index contributed by atoms with van der Waals surface area (Å²) in [6.07, 6.45) is 5.89. The third-order valence-corrected chi connectivity index (χ3v) is 7.19. The summed E-state index contributed by atoms with van der Waals surface area (Å²) in [5.74, 6) is 1.98. The Hall–Kier alpha value is -1.44. The average molecular weight is 424 g/mol. The van der Waals surface area contributed by atoms with Crippen molar-refractivity contribution in [1.82, 2.24) is 20.6 Å². The molecule has 0 saturated carbocycles. The standard InChI is InChI=1S/C20H29N5OS.ClH/c1-13-14(2)27-20-17(13)18(23-12-24-20)25-8-5-16(6-9-25)19(26)22-11-15-4-3-7-21-10-15;/h12,15-16,21H,3-11H2,1-2H3,(H,22,26);1H. The number of anilines is 1. The van der Waals surface area contributed by atoms with E-state index in [1.807, 2.05) is 0 Å². The molecule has 0 aliphatic carbocycles. The summed E-state index contributed by atoms with van der Waals surface area (Å²) in [4.78, 5) is 26.3. The number of fused-ring (bicyclic) bond motifs is 1. The van der Waals surface area contributed by atoms with Crippen LogP contribution in [0, 0.1) is 25.7 Å². The van der Waals surface area contributed by atoms with Gasteiger partial charge in [0.2, 0.25) is 5.91 Å². The van der Waals surface area contributed by atoms with Gasteiger partial charge in [-0.2, -0.15) is 0 Å². The van der Waals surface area contributed by atoms with Crippen LogP contribution in [0.15, 0.2) is 6.33 Å². The zero-order valence-electron chi connectivity index (χ0n) is 16.7. The number of aryl methyl sites for hydroxylation is 2. The molecule has 28 heavy (non-hydrogen) atoms. The fourth-order valence-corrected chi connectivity index (χ4v) is 5.24. The zero-order chi connectivity index (χ0) is 18.8. The van der Waals surface area contributed by atoms with Crippen LogP contribution >= 0.6 is 23.7 Å². The first-order chi connectivity index (χ1) is 13.1. The van der Waals surface area contributed by atoms with Crippen molar-refractivity contribution >= 4 is 45.7 Å². The van der Waals surface area contributed by atoms with Gasteiger partial charge in [0.25, 0.3) is 0 Å². The second kappa shape index (κ2) is 9.37. The van der Waals surface area contributed by atoms with E-state index in [1.54, 1.807) is 17.7 Å². The number of amides is 1. The van der Waals surface area contributed by atoms with E-state index in [9.17, 15) is 4.79 Å². The number of thiophene rings is 1. The van der Waals surface area contributed by atoms with Crippen molar-refractivity contribution in [3.8, 4) is 0 Å². The fourth-order valence-electron chi connectivity index (χ4n) is 4.24. The molecule has 2 aromatic heterocycles. The van der Waals surface area contributed by atoms with Gasteiger partial charge < -0.3 is 15.5 Å². The third-order valence-electron chi connectivity index (χ3n) is 6.07. The van der Waals surface area contributed by atoms with Gasteiger partial charge in [-0.1, -0.05) is 0 Å². The summed E-state index contributed by atoms with van der Waals surface area (Å²) in [6, 6.07) is 0. The van der Waals surface area contributed by atoms with Crippen LogP contribution in [0.25, 0.3) is 10.2 Å². The van der Waals surface area contributed by atoms with E-state index in [-0.39, 0.29) is 24.2 Å². The van der Waals surface area contributed by atoms with Crippen LogP contribution in [0.5, 0.6) is 0 Å². The molecule has 2 aliphatic heterocycles. The summed E-state index contributed by atoms with van der Waals surface area (Å²) < 4.78 is 0. The molecule has 1 atom stereocenters. The quantitative estimate of drug-likeness (QED) is 0.790. The number of nitrogens with zero attached hydrogens (tertiary/aromatic N) is 3. The molecular weight excluding hydrogens is 394 g/mol. The van der Waals surface area contributed by atoms with Crippen molar-refractivity contribution in [3.05, 3.63) is 16.8 Å². The minimum atomic E-state index is 0. The van der Waals surface area contributed by atoms with E-state index in [1.165, 1.54) is 28.7 Å². The number of rotatable bonds is 4. The molecule has 2 aromatic rings. The lowest BCUT2D eigenvalue weighted by atomic mass is 9.94. The highest BCUT2D eigenvalue weighted by atomic mass is 35.5. The van der Waals surface area contributed by atoms with Gasteiger partial charge in [-0.25, -0.2) is 9.97 Å². The number of aromatic nitrogens is 2. The van der Waals surface area contributed by atoms with Gasteiger partial charge in [0.05, 0.1) is 5.39 Å². The summed E-state index contributed by atoms with van der Waals surface area (Å²) in [5, 5.41) is 7.80. The third kappa shape index (κ3) is 4.42. The lowest BCUT2D eigenvalue weighted by Gasteiger charge is -2.33. The maximum Gasteiger partial charge on any atom is 0.223 e. The van der Waals surface area contributed by atoms with E-state index < -0.39 is 0 Å². The maximum atomic E-state index is 12.6. The molecule has 4 heterocycles.